The van der Waals surface area contributed by atoms with Crippen molar-refractivity contribution >= 4 is 5.96 Å². The van der Waals surface area contributed by atoms with E-state index in [1.54, 1.807) is 0 Å². The number of nitrogens with zero attached hydrogens (tertiary/aromatic N) is 4. The molecule has 0 spiro atoms. The summed E-state index contributed by atoms with van der Waals surface area (Å²) in [5.41, 5.74) is 4.55. The molecule has 0 aliphatic carbocycles. The zero-order valence-electron chi connectivity index (χ0n) is 16.2. The van der Waals surface area contributed by atoms with Crippen molar-refractivity contribution in [1.82, 2.24) is 25.6 Å². The summed E-state index contributed by atoms with van der Waals surface area (Å²) in [6.45, 7) is 11.7. The fourth-order valence-electron chi connectivity index (χ4n) is 2.78. The van der Waals surface area contributed by atoms with Gasteiger partial charge in [0.25, 0.3) is 0 Å². The van der Waals surface area contributed by atoms with Gasteiger partial charge in [-0.05, 0) is 46.1 Å². The number of aryl methyl sites for hydroxylation is 3. The van der Waals surface area contributed by atoms with Crippen molar-refractivity contribution in [3.8, 4) is 0 Å². The first-order chi connectivity index (χ1) is 11.9. The average Bonchev–Trinajstić information content (AvgIpc) is 3.13. The second-order valence-electron chi connectivity index (χ2n) is 6.36. The largest absolute Gasteiger partial charge is 0.359 e. The van der Waals surface area contributed by atoms with Gasteiger partial charge in [0.2, 0.25) is 0 Å². The van der Waals surface area contributed by atoms with Crippen LogP contribution in [0.4, 0.5) is 0 Å². The van der Waals surface area contributed by atoms with Gasteiger partial charge in [-0.2, -0.15) is 5.10 Å². The lowest BCUT2D eigenvalue weighted by Gasteiger charge is -2.18. The number of hydrogen-bond acceptors (Lipinski definition) is 4. The van der Waals surface area contributed by atoms with E-state index in [1.165, 1.54) is 11.3 Å². The van der Waals surface area contributed by atoms with Gasteiger partial charge in [-0.25, -0.2) is 4.99 Å². The zero-order chi connectivity index (χ0) is 18.4. The Morgan fingerprint density at radius 1 is 1.36 bits per heavy atom. The molecular formula is C18H30N6O. The molecule has 7 heteroatoms. The molecule has 138 valence electrons. The molecule has 0 aromatic carbocycles. The van der Waals surface area contributed by atoms with Gasteiger partial charge in [-0.1, -0.05) is 12.1 Å². The maximum absolute atomic E-state index is 5.30. The van der Waals surface area contributed by atoms with Crippen LogP contribution in [-0.2, 0) is 26.4 Å². The summed E-state index contributed by atoms with van der Waals surface area (Å²) in [6.07, 6.45) is 1.77. The van der Waals surface area contributed by atoms with E-state index in [4.69, 9.17) is 4.52 Å². The van der Waals surface area contributed by atoms with E-state index in [9.17, 15) is 0 Å². The van der Waals surface area contributed by atoms with Crippen LogP contribution in [0, 0.1) is 13.8 Å². The Morgan fingerprint density at radius 2 is 2.12 bits per heavy atom. The van der Waals surface area contributed by atoms with E-state index in [-0.39, 0.29) is 6.04 Å². The Hall–Kier alpha value is -2.31. The Morgan fingerprint density at radius 3 is 2.68 bits per heavy atom. The first kappa shape index (κ1) is 19.0. The van der Waals surface area contributed by atoms with Crippen molar-refractivity contribution in [3.05, 3.63) is 34.5 Å². The second-order valence-corrected chi connectivity index (χ2v) is 6.36. The maximum Gasteiger partial charge on any atom is 0.191 e. The molecule has 0 bridgehead atoms. The zero-order valence-corrected chi connectivity index (χ0v) is 16.2. The highest BCUT2D eigenvalue weighted by atomic mass is 16.5. The van der Waals surface area contributed by atoms with Crippen LogP contribution in [0.5, 0.6) is 0 Å². The molecule has 0 amide bonds. The van der Waals surface area contributed by atoms with Crippen molar-refractivity contribution in [2.45, 2.75) is 60.0 Å². The first-order valence-electron chi connectivity index (χ1n) is 8.92. The molecule has 1 unspecified atom stereocenters. The summed E-state index contributed by atoms with van der Waals surface area (Å²) in [6, 6.07) is 2.19. The summed E-state index contributed by atoms with van der Waals surface area (Å²) in [5.74, 6) is 1.56. The lowest BCUT2D eigenvalue weighted by Crippen LogP contribution is -2.43. The summed E-state index contributed by atoms with van der Waals surface area (Å²) in [4.78, 5) is 4.60. The highest BCUT2D eigenvalue weighted by Gasteiger charge is 2.14. The van der Waals surface area contributed by atoms with Crippen LogP contribution in [0.1, 0.15) is 49.2 Å². The molecule has 7 nitrogen and oxygen atoms in total. The minimum atomic E-state index is 0.236. The van der Waals surface area contributed by atoms with Crippen LogP contribution in [0.15, 0.2) is 15.6 Å². The highest BCUT2D eigenvalue weighted by Crippen LogP contribution is 2.14. The minimum absolute atomic E-state index is 0.236. The summed E-state index contributed by atoms with van der Waals surface area (Å²) < 4.78 is 7.23. The van der Waals surface area contributed by atoms with E-state index >= 15 is 0 Å². The molecule has 0 aliphatic rings. The molecule has 1 atom stereocenters. The number of aromatic nitrogens is 3. The van der Waals surface area contributed by atoms with E-state index in [1.807, 2.05) is 17.8 Å². The normalized spacial score (nSPS) is 13.1. The van der Waals surface area contributed by atoms with E-state index in [0.717, 1.165) is 42.5 Å². The molecule has 0 saturated heterocycles. The van der Waals surface area contributed by atoms with Gasteiger partial charge < -0.3 is 15.2 Å². The molecule has 0 fully saturated rings. The van der Waals surface area contributed by atoms with Crippen LogP contribution in [0.3, 0.4) is 0 Å². The number of guanidine groups is 1. The predicted molar refractivity (Wildman–Crippen MR) is 99.7 cm³/mol. The molecule has 2 rings (SSSR count). The highest BCUT2D eigenvalue weighted by molar-refractivity contribution is 5.80. The Kier molecular flexibility index (Phi) is 6.61. The molecule has 0 saturated carbocycles. The minimum Gasteiger partial charge on any atom is -0.359 e. The van der Waals surface area contributed by atoms with Crippen LogP contribution >= 0.6 is 0 Å². The van der Waals surface area contributed by atoms with Crippen LogP contribution in [0.2, 0.25) is 0 Å². The monoisotopic (exact) mass is 346 g/mol. The molecule has 2 aromatic rings. The summed E-state index contributed by atoms with van der Waals surface area (Å²) >= 11 is 0. The van der Waals surface area contributed by atoms with Crippen LogP contribution in [-0.4, -0.2) is 33.5 Å². The molecule has 0 radical (unpaired) electrons. The molecule has 2 aromatic heterocycles. The third-order valence-corrected chi connectivity index (χ3v) is 4.26. The van der Waals surface area contributed by atoms with Crippen LogP contribution < -0.4 is 10.6 Å². The fraction of sp³-hybridized carbons (Fsp3) is 0.611. The summed E-state index contributed by atoms with van der Waals surface area (Å²) in [5, 5.41) is 15.2. The summed E-state index contributed by atoms with van der Waals surface area (Å²) in [7, 11) is 1.98. The Bertz CT molecular complexity index is 715. The maximum atomic E-state index is 5.30. The van der Waals surface area contributed by atoms with Gasteiger partial charge in [-0.3, -0.25) is 4.68 Å². The lowest BCUT2D eigenvalue weighted by molar-refractivity contribution is 0.379. The van der Waals surface area contributed by atoms with Gasteiger partial charge in [0.15, 0.2) is 11.7 Å². The van der Waals surface area contributed by atoms with Gasteiger partial charge in [-0.15, -0.1) is 0 Å². The third-order valence-electron chi connectivity index (χ3n) is 4.26. The lowest BCUT2D eigenvalue weighted by atomic mass is 10.1. The van der Waals surface area contributed by atoms with Gasteiger partial charge in [0, 0.05) is 31.4 Å². The van der Waals surface area contributed by atoms with Gasteiger partial charge in [0.05, 0.1) is 11.4 Å². The smallest absolute Gasteiger partial charge is 0.191 e. The van der Waals surface area contributed by atoms with E-state index in [0.29, 0.717) is 6.54 Å². The molecule has 2 heterocycles. The number of nitrogens with one attached hydrogen (secondary N) is 2. The number of rotatable bonds is 7. The van der Waals surface area contributed by atoms with Crippen molar-refractivity contribution in [2.75, 3.05) is 6.54 Å². The topological polar surface area (TPSA) is 80.3 Å². The SMILES string of the molecule is CCNC(=NCc1cc(CC)no1)NC(C)Cc1c(C)nn(C)c1C. The number of hydrogen-bond donors (Lipinski definition) is 2. The average molecular weight is 346 g/mol. The quantitative estimate of drug-likeness (QED) is 0.594. The Labute approximate surface area is 149 Å². The third kappa shape index (κ3) is 5.08. The second kappa shape index (κ2) is 8.69. The van der Waals surface area contributed by atoms with E-state index < -0.39 is 0 Å². The standard InChI is InChI=1S/C18H30N6O/c1-7-15-10-16(25-23-15)11-20-18(19-8-2)21-12(3)9-17-13(4)22-24(6)14(17)5/h10,12H,7-9,11H2,1-6H3,(H2,19,20,21). The van der Waals surface area contributed by atoms with Crippen molar-refractivity contribution in [3.63, 3.8) is 0 Å². The number of aliphatic imine (C=N–C) groups is 1. The van der Waals surface area contributed by atoms with Crippen molar-refractivity contribution in [1.29, 1.82) is 0 Å². The fourth-order valence-corrected chi connectivity index (χ4v) is 2.78. The molecule has 0 aliphatic heterocycles. The molecular weight excluding hydrogens is 316 g/mol. The first-order valence-corrected chi connectivity index (χ1v) is 8.92. The van der Waals surface area contributed by atoms with Gasteiger partial charge in [0.1, 0.15) is 6.54 Å². The van der Waals surface area contributed by atoms with Crippen molar-refractivity contribution in [2.24, 2.45) is 12.0 Å². The van der Waals surface area contributed by atoms with Crippen LogP contribution in [0.25, 0.3) is 0 Å². The Balaban J connectivity index is 2.00. The molecule has 25 heavy (non-hydrogen) atoms. The van der Waals surface area contributed by atoms with Gasteiger partial charge >= 0.3 is 0 Å². The van der Waals surface area contributed by atoms with E-state index in [2.05, 4.69) is 60.5 Å². The van der Waals surface area contributed by atoms with Crippen molar-refractivity contribution < 1.29 is 4.52 Å². The predicted octanol–water partition coefficient (Wildman–Crippen LogP) is 2.27. The molecule has 2 N–H and O–H groups in total.